The summed E-state index contributed by atoms with van der Waals surface area (Å²) in [7, 11) is 1.47. The van der Waals surface area contributed by atoms with Crippen LogP contribution in [0.3, 0.4) is 0 Å². The van der Waals surface area contributed by atoms with Crippen molar-refractivity contribution in [3.05, 3.63) is 35.4 Å². The lowest BCUT2D eigenvalue weighted by Gasteiger charge is -2.30. The Morgan fingerprint density at radius 1 is 1.37 bits per heavy atom. The first-order chi connectivity index (χ1) is 9.26. The van der Waals surface area contributed by atoms with E-state index in [2.05, 4.69) is 36.5 Å². The van der Waals surface area contributed by atoms with Crippen molar-refractivity contribution in [2.24, 2.45) is 0 Å². The Kier molecular flexibility index (Phi) is 4.97. The Balaban J connectivity index is 2.22. The Morgan fingerprint density at radius 3 is 2.63 bits per heavy atom. The van der Waals surface area contributed by atoms with Gasteiger partial charge in [0.1, 0.15) is 0 Å². The zero-order chi connectivity index (χ0) is 13.7. The molecule has 1 aromatic rings. The molecule has 0 spiro atoms. The first-order valence-corrected chi connectivity index (χ1v) is 7.16. The molecular weight excluding hydrogens is 238 g/mol. The summed E-state index contributed by atoms with van der Waals surface area (Å²) in [6.07, 6.45) is 4.43. The summed E-state index contributed by atoms with van der Waals surface area (Å²) in [4.78, 5) is 12.1. The van der Waals surface area contributed by atoms with Crippen LogP contribution in [0, 0.1) is 0 Å². The lowest BCUT2D eigenvalue weighted by molar-refractivity contribution is -0.143. The van der Waals surface area contributed by atoms with Gasteiger partial charge in [-0.3, -0.25) is 4.79 Å². The third-order valence-electron chi connectivity index (χ3n) is 3.95. The van der Waals surface area contributed by atoms with Gasteiger partial charge in [0.05, 0.1) is 13.0 Å². The van der Waals surface area contributed by atoms with E-state index in [0.717, 1.165) is 24.9 Å². The van der Waals surface area contributed by atoms with Gasteiger partial charge in [-0.05, 0) is 36.9 Å². The van der Waals surface area contributed by atoms with E-state index >= 15 is 0 Å². The van der Waals surface area contributed by atoms with Crippen LogP contribution in [0.15, 0.2) is 24.3 Å². The Morgan fingerprint density at radius 2 is 2.11 bits per heavy atom. The third-order valence-corrected chi connectivity index (χ3v) is 3.95. The SMILES string of the molecule is CCc1ccc(C(C(=O)OC)C2CCCCN2)cc1. The number of hydrogen-bond acceptors (Lipinski definition) is 3. The number of rotatable bonds is 4. The minimum Gasteiger partial charge on any atom is -0.469 e. The molecule has 104 valence electrons. The molecule has 1 N–H and O–H groups in total. The summed E-state index contributed by atoms with van der Waals surface area (Å²) in [5.74, 6) is -0.320. The van der Waals surface area contributed by atoms with Crippen LogP contribution in [-0.4, -0.2) is 25.7 Å². The normalized spacial score (nSPS) is 20.8. The van der Waals surface area contributed by atoms with E-state index in [4.69, 9.17) is 4.74 Å². The maximum Gasteiger partial charge on any atom is 0.314 e. The smallest absolute Gasteiger partial charge is 0.314 e. The molecule has 0 saturated carbocycles. The number of ether oxygens (including phenoxy) is 1. The fraction of sp³-hybridized carbons (Fsp3) is 0.562. The molecule has 1 aromatic carbocycles. The summed E-state index contributed by atoms with van der Waals surface area (Å²) in [6.45, 7) is 3.13. The second-order valence-corrected chi connectivity index (χ2v) is 5.15. The van der Waals surface area contributed by atoms with E-state index in [1.165, 1.54) is 25.5 Å². The van der Waals surface area contributed by atoms with E-state index in [0.29, 0.717) is 0 Å². The van der Waals surface area contributed by atoms with Crippen molar-refractivity contribution in [1.29, 1.82) is 0 Å². The van der Waals surface area contributed by atoms with Crippen LogP contribution in [0.2, 0.25) is 0 Å². The molecule has 1 saturated heterocycles. The van der Waals surface area contributed by atoms with Crippen molar-refractivity contribution in [3.8, 4) is 0 Å². The quantitative estimate of drug-likeness (QED) is 0.847. The standard InChI is InChI=1S/C16H23NO2/c1-3-12-7-9-13(10-8-12)15(16(18)19-2)14-6-4-5-11-17-14/h7-10,14-15,17H,3-6,11H2,1-2H3. The molecule has 3 heteroatoms. The van der Waals surface area contributed by atoms with Crippen molar-refractivity contribution in [3.63, 3.8) is 0 Å². The van der Waals surface area contributed by atoms with Crippen molar-refractivity contribution in [2.75, 3.05) is 13.7 Å². The molecule has 1 aliphatic rings. The Labute approximate surface area is 115 Å². The Bertz CT molecular complexity index is 407. The topological polar surface area (TPSA) is 38.3 Å². The van der Waals surface area contributed by atoms with E-state index in [-0.39, 0.29) is 17.9 Å². The van der Waals surface area contributed by atoms with Gasteiger partial charge in [-0.15, -0.1) is 0 Å². The molecular formula is C16H23NO2. The monoisotopic (exact) mass is 261 g/mol. The molecule has 0 aliphatic carbocycles. The molecule has 1 aliphatic heterocycles. The van der Waals surface area contributed by atoms with Gasteiger partial charge in [-0.1, -0.05) is 37.6 Å². The zero-order valence-electron chi connectivity index (χ0n) is 11.8. The highest BCUT2D eigenvalue weighted by atomic mass is 16.5. The predicted octanol–water partition coefficient (Wildman–Crippen LogP) is 2.65. The summed E-state index contributed by atoms with van der Waals surface area (Å²) in [5, 5.41) is 3.46. The molecule has 1 heterocycles. The first kappa shape index (κ1) is 14.1. The third kappa shape index (κ3) is 3.35. The van der Waals surface area contributed by atoms with E-state index in [1.54, 1.807) is 0 Å². The van der Waals surface area contributed by atoms with Gasteiger partial charge in [-0.25, -0.2) is 0 Å². The number of nitrogens with one attached hydrogen (secondary N) is 1. The van der Waals surface area contributed by atoms with Crippen LogP contribution >= 0.6 is 0 Å². The second-order valence-electron chi connectivity index (χ2n) is 5.15. The second kappa shape index (κ2) is 6.71. The molecule has 2 atom stereocenters. The minimum atomic E-state index is -0.184. The highest BCUT2D eigenvalue weighted by molar-refractivity contribution is 5.79. The summed E-state index contributed by atoms with van der Waals surface area (Å²) < 4.78 is 5.00. The van der Waals surface area contributed by atoms with Gasteiger partial charge in [0.2, 0.25) is 0 Å². The van der Waals surface area contributed by atoms with E-state index in [9.17, 15) is 4.79 Å². The molecule has 3 nitrogen and oxygen atoms in total. The largest absolute Gasteiger partial charge is 0.469 e. The number of methoxy groups -OCH3 is 1. The van der Waals surface area contributed by atoms with Crippen LogP contribution in [0.4, 0.5) is 0 Å². The average Bonchev–Trinajstić information content (AvgIpc) is 2.49. The number of aryl methyl sites for hydroxylation is 1. The molecule has 0 radical (unpaired) electrons. The van der Waals surface area contributed by atoms with Crippen molar-refractivity contribution < 1.29 is 9.53 Å². The molecule has 0 bridgehead atoms. The summed E-state index contributed by atoms with van der Waals surface area (Å²) >= 11 is 0. The van der Waals surface area contributed by atoms with Crippen LogP contribution < -0.4 is 5.32 Å². The van der Waals surface area contributed by atoms with Crippen molar-refractivity contribution >= 4 is 5.97 Å². The number of hydrogen-bond donors (Lipinski definition) is 1. The van der Waals surface area contributed by atoms with Crippen molar-refractivity contribution in [2.45, 2.75) is 44.6 Å². The fourth-order valence-electron chi connectivity index (χ4n) is 2.78. The number of benzene rings is 1. The fourth-order valence-corrected chi connectivity index (χ4v) is 2.78. The van der Waals surface area contributed by atoms with Gasteiger partial charge >= 0.3 is 5.97 Å². The average molecular weight is 261 g/mol. The molecule has 0 amide bonds. The van der Waals surface area contributed by atoms with Gasteiger partial charge < -0.3 is 10.1 Å². The Hall–Kier alpha value is -1.35. The molecule has 2 unspecified atom stereocenters. The van der Waals surface area contributed by atoms with E-state index in [1.807, 2.05) is 0 Å². The number of piperidine rings is 1. The number of esters is 1. The van der Waals surface area contributed by atoms with Crippen molar-refractivity contribution in [1.82, 2.24) is 5.32 Å². The minimum absolute atomic E-state index is 0.136. The highest BCUT2D eigenvalue weighted by Gasteiger charge is 2.31. The molecule has 19 heavy (non-hydrogen) atoms. The predicted molar refractivity (Wildman–Crippen MR) is 76.2 cm³/mol. The molecule has 0 aromatic heterocycles. The van der Waals surface area contributed by atoms with Crippen LogP contribution in [0.1, 0.15) is 43.2 Å². The number of carbonyl (C=O) groups excluding carboxylic acids is 1. The van der Waals surface area contributed by atoms with Gasteiger partial charge in [-0.2, -0.15) is 0 Å². The van der Waals surface area contributed by atoms with Crippen LogP contribution in [-0.2, 0) is 16.0 Å². The molecule has 2 rings (SSSR count). The first-order valence-electron chi connectivity index (χ1n) is 7.16. The maximum atomic E-state index is 12.1. The zero-order valence-corrected chi connectivity index (χ0v) is 11.8. The summed E-state index contributed by atoms with van der Waals surface area (Å²) in [5.41, 5.74) is 2.35. The lowest BCUT2D eigenvalue weighted by atomic mass is 9.86. The maximum absolute atomic E-state index is 12.1. The van der Waals surface area contributed by atoms with Gasteiger partial charge in [0, 0.05) is 6.04 Å². The number of carbonyl (C=O) groups is 1. The highest BCUT2D eigenvalue weighted by Crippen LogP contribution is 2.27. The van der Waals surface area contributed by atoms with Crippen LogP contribution in [0.5, 0.6) is 0 Å². The lowest BCUT2D eigenvalue weighted by Crippen LogP contribution is -2.42. The van der Waals surface area contributed by atoms with Gasteiger partial charge in [0.25, 0.3) is 0 Å². The summed E-state index contributed by atoms with van der Waals surface area (Å²) in [6, 6.07) is 8.55. The van der Waals surface area contributed by atoms with Crippen LogP contribution in [0.25, 0.3) is 0 Å². The van der Waals surface area contributed by atoms with E-state index < -0.39 is 0 Å². The van der Waals surface area contributed by atoms with Gasteiger partial charge in [0.15, 0.2) is 0 Å². The molecule has 1 fully saturated rings.